The highest BCUT2D eigenvalue weighted by Gasteiger charge is 2.33. The predicted octanol–water partition coefficient (Wildman–Crippen LogP) is 1.25. The van der Waals surface area contributed by atoms with Crippen LogP contribution in [0.5, 0.6) is 0 Å². The number of hydrogen-bond donors (Lipinski definition) is 0. The zero-order chi connectivity index (χ0) is 8.54. The number of rotatable bonds is 4. The second kappa shape index (κ2) is 2.75. The average molecular weight is 194 g/mol. The van der Waals surface area contributed by atoms with Gasteiger partial charge in [0.05, 0.1) is 0 Å². The van der Waals surface area contributed by atoms with Crippen molar-refractivity contribution in [2.75, 3.05) is 12.0 Å². The molecule has 64 valence electrons. The van der Waals surface area contributed by atoms with Gasteiger partial charge in [-0.1, -0.05) is 0 Å². The lowest BCUT2D eigenvalue weighted by molar-refractivity contribution is 0.615. The first-order valence-corrected chi connectivity index (χ1v) is 6.59. The molecule has 0 aliphatic carbocycles. The average Bonchev–Trinajstić information content (AvgIpc) is 2.44. The Morgan fingerprint density at radius 2 is 2.00 bits per heavy atom. The Kier molecular flexibility index (Phi) is 2.24. The van der Waals surface area contributed by atoms with Crippen molar-refractivity contribution in [3.63, 3.8) is 0 Å². The van der Waals surface area contributed by atoms with Gasteiger partial charge in [-0.05, 0) is 17.7 Å². The molecule has 4 nitrogen and oxygen atoms in total. The third-order valence-electron chi connectivity index (χ3n) is 1.31. The van der Waals surface area contributed by atoms with Gasteiger partial charge in [0.15, 0.2) is 14.5 Å². The first-order chi connectivity index (χ1) is 4.91. The standard InChI is InChI=1S/C5H10N2O2S2/c1-5(6-7-5)3-4-10-11(2,8)9/h3-4H2,1-2H3. The van der Waals surface area contributed by atoms with Gasteiger partial charge >= 0.3 is 0 Å². The van der Waals surface area contributed by atoms with Crippen molar-refractivity contribution in [3.8, 4) is 0 Å². The van der Waals surface area contributed by atoms with Gasteiger partial charge in [-0.25, -0.2) is 8.42 Å². The third-order valence-corrected chi connectivity index (χ3v) is 3.90. The fourth-order valence-electron chi connectivity index (χ4n) is 0.572. The minimum Gasteiger partial charge on any atom is -0.218 e. The van der Waals surface area contributed by atoms with E-state index >= 15 is 0 Å². The van der Waals surface area contributed by atoms with Crippen LogP contribution in [0.3, 0.4) is 0 Å². The molecule has 11 heavy (non-hydrogen) atoms. The summed E-state index contributed by atoms with van der Waals surface area (Å²) in [5, 5.41) is 7.54. The molecule has 0 fully saturated rings. The fourth-order valence-corrected chi connectivity index (χ4v) is 2.50. The van der Waals surface area contributed by atoms with Crippen LogP contribution in [0.4, 0.5) is 0 Å². The van der Waals surface area contributed by atoms with Crippen LogP contribution in [0.25, 0.3) is 0 Å². The number of hydrogen-bond acceptors (Lipinski definition) is 5. The minimum atomic E-state index is -2.89. The summed E-state index contributed by atoms with van der Waals surface area (Å²) in [4.78, 5) is 0. The molecule has 0 radical (unpaired) electrons. The van der Waals surface area contributed by atoms with Crippen molar-refractivity contribution in [1.29, 1.82) is 0 Å². The van der Waals surface area contributed by atoms with Gasteiger partial charge in [-0.2, -0.15) is 10.2 Å². The van der Waals surface area contributed by atoms with E-state index in [4.69, 9.17) is 0 Å². The van der Waals surface area contributed by atoms with E-state index < -0.39 is 8.87 Å². The van der Waals surface area contributed by atoms with Crippen molar-refractivity contribution in [1.82, 2.24) is 0 Å². The zero-order valence-electron chi connectivity index (χ0n) is 6.44. The van der Waals surface area contributed by atoms with Crippen molar-refractivity contribution in [2.24, 2.45) is 10.2 Å². The summed E-state index contributed by atoms with van der Waals surface area (Å²) in [6.45, 7) is 1.88. The largest absolute Gasteiger partial charge is 0.218 e. The molecule has 6 heteroatoms. The Hall–Kier alpha value is -0.100. The van der Waals surface area contributed by atoms with E-state index in [0.29, 0.717) is 12.2 Å². The highest BCUT2D eigenvalue weighted by molar-refractivity contribution is 8.71. The molecule has 0 amide bonds. The van der Waals surface area contributed by atoms with E-state index in [2.05, 4.69) is 10.2 Å². The molecule has 1 rings (SSSR count). The molecule has 0 aromatic rings. The first-order valence-electron chi connectivity index (χ1n) is 3.20. The van der Waals surface area contributed by atoms with Gasteiger partial charge in [0, 0.05) is 18.4 Å². The second-order valence-electron chi connectivity index (χ2n) is 2.69. The molecule has 0 aromatic carbocycles. The Labute approximate surface area is 69.8 Å². The lowest BCUT2D eigenvalue weighted by Gasteiger charge is -2.00. The SMILES string of the molecule is CC1(CCSS(C)(=O)=O)N=N1. The smallest absolute Gasteiger partial charge is 0.198 e. The monoisotopic (exact) mass is 194 g/mol. The molecule has 0 bridgehead atoms. The first kappa shape index (κ1) is 8.99. The molecule has 1 heterocycles. The molecule has 0 atom stereocenters. The highest BCUT2D eigenvalue weighted by Crippen LogP contribution is 2.32. The Morgan fingerprint density at radius 3 is 2.36 bits per heavy atom. The molecule has 0 saturated carbocycles. The fraction of sp³-hybridized carbons (Fsp3) is 1.00. The van der Waals surface area contributed by atoms with Crippen molar-refractivity contribution >= 4 is 19.7 Å². The Balaban J connectivity index is 2.15. The molecule has 0 saturated heterocycles. The maximum atomic E-state index is 10.6. The van der Waals surface area contributed by atoms with Crippen molar-refractivity contribution in [2.45, 2.75) is 19.0 Å². The quantitative estimate of drug-likeness (QED) is 0.633. The van der Waals surface area contributed by atoms with Crippen molar-refractivity contribution in [3.05, 3.63) is 0 Å². The van der Waals surface area contributed by atoms with Gasteiger partial charge < -0.3 is 0 Å². The van der Waals surface area contributed by atoms with Crippen LogP contribution in [0.1, 0.15) is 13.3 Å². The van der Waals surface area contributed by atoms with Gasteiger partial charge in [-0.15, -0.1) is 0 Å². The molecule has 1 aliphatic heterocycles. The van der Waals surface area contributed by atoms with Crippen LogP contribution in [-0.4, -0.2) is 26.1 Å². The molecule has 0 spiro atoms. The Morgan fingerprint density at radius 1 is 1.45 bits per heavy atom. The van der Waals surface area contributed by atoms with E-state index in [0.717, 1.165) is 10.8 Å². The summed E-state index contributed by atoms with van der Waals surface area (Å²) in [5.74, 6) is 0.572. The van der Waals surface area contributed by atoms with Crippen LogP contribution < -0.4 is 0 Å². The lowest BCUT2D eigenvalue weighted by atomic mass is 10.2. The molecule has 0 aromatic heterocycles. The van der Waals surface area contributed by atoms with Gasteiger partial charge in [0.25, 0.3) is 0 Å². The summed E-state index contributed by atoms with van der Waals surface area (Å²) >= 11 is 0. The van der Waals surface area contributed by atoms with Crippen LogP contribution >= 0.6 is 10.8 Å². The summed E-state index contributed by atoms with van der Waals surface area (Å²) in [6, 6.07) is 0. The van der Waals surface area contributed by atoms with Gasteiger partial charge in [0.2, 0.25) is 0 Å². The summed E-state index contributed by atoms with van der Waals surface area (Å²) in [5.41, 5.74) is -0.266. The van der Waals surface area contributed by atoms with Crippen LogP contribution in [-0.2, 0) is 8.87 Å². The molecular formula is C5H10N2O2S2. The molecular weight excluding hydrogens is 184 g/mol. The topological polar surface area (TPSA) is 58.9 Å². The molecule has 0 N–H and O–H groups in total. The van der Waals surface area contributed by atoms with Gasteiger partial charge in [-0.3, -0.25) is 0 Å². The van der Waals surface area contributed by atoms with Crippen LogP contribution in [0.15, 0.2) is 10.2 Å². The third kappa shape index (κ3) is 3.71. The molecule has 1 aliphatic rings. The predicted molar refractivity (Wildman–Crippen MR) is 45.2 cm³/mol. The zero-order valence-corrected chi connectivity index (χ0v) is 8.07. The normalized spacial score (nSPS) is 20.2. The van der Waals surface area contributed by atoms with Crippen LogP contribution in [0, 0.1) is 0 Å². The minimum absolute atomic E-state index is 0.266. The maximum absolute atomic E-state index is 10.6. The second-order valence-corrected chi connectivity index (χ2v) is 7.27. The van der Waals surface area contributed by atoms with Crippen LogP contribution in [0.2, 0.25) is 0 Å². The Bertz CT molecular complexity index is 264. The maximum Gasteiger partial charge on any atom is 0.198 e. The van der Waals surface area contributed by atoms with Crippen molar-refractivity contribution < 1.29 is 8.42 Å². The summed E-state index contributed by atoms with van der Waals surface area (Å²) < 4.78 is 21.3. The molecule has 0 unspecified atom stereocenters. The van der Waals surface area contributed by atoms with Gasteiger partial charge in [0.1, 0.15) is 0 Å². The summed E-state index contributed by atoms with van der Waals surface area (Å²) in [7, 11) is -1.93. The van der Waals surface area contributed by atoms with E-state index in [1.807, 2.05) is 6.92 Å². The summed E-state index contributed by atoms with van der Waals surface area (Å²) in [6.07, 6.45) is 1.92. The highest BCUT2D eigenvalue weighted by atomic mass is 33.1. The van der Waals surface area contributed by atoms with E-state index in [9.17, 15) is 8.42 Å². The number of nitrogens with zero attached hydrogens (tertiary/aromatic N) is 2. The lowest BCUT2D eigenvalue weighted by Crippen LogP contribution is -2.05. The van der Waals surface area contributed by atoms with E-state index in [-0.39, 0.29) is 5.66 Å². The van der Waals surface area contributed by atoms with E-state index in [1.165, 1.54) is 6.26 Å². The van der Waals surface area contributed by atoms with E-state index in [1.54, 1.807) is 0 Å².